The Labute approximate surface area is 63.8 Å². The number of allylic oxidation sites excluding steroid dienone is 1. The summed E-state index contributed by atoms with van der Waals surface area (Å²) in [6.45, 7) is 12.7. The molecule has 0 saturated carbocycles. The summed E-state index contributed by atoms with van der Waals surface area (Å²) in [6, 6.07) is 0.567. The zero-order valence-corrected chi connectivity index (χ0v) is 6.98. The monoisotopic (exact) mass is 139 g/mol. The predicted molar refractivity (Wildman–Crippen MR) is 47.1 cm³/mol. The van der Waals surface area contributed by atoms with Gasteiger partial charge in [-0.3, -0.25) is 0 Å². The average Bonchev–Trinajstić information content (AvgIpc) is 1.87. The molecule has 58 valence electrons. The molecule has 0 spiro atoms. The molecule has 0 heterocycles. The van der Waals surface area contributed by atoms with E-state index in [0.29, 0.717) is 6.04 Å². The van der Waals surface area contributed by atoms with Crippen LogP contribution in [0.4, 0.5) is 0 Å². The van der Waals surface area contributed by atoms with Crippen LogP contribution in [-0.2, 0) is 0 Å². The number of hydrogen-bond acceptors (Lipinski definition) is 1. The predicted octanol–water partition coefficient (Wildman–Crippen LogP) is 2.12. The Hall–Kier alpha value is -0.560. The molecule has 0 aromatic rings. The Kier molecular flexibility index (Phi) is 4.95. The van der Waals surface area contributed by atoms with Crippen LogP contribution in [-0.4, -0.2) is 12.6 Å². The highest BCUT2D eigenvalue weighted by Crippen LogP contribution is 1.95. The standard InChI is InChI=1S/C9H17N/c1-5-9(4)6-7-10-8(2)3/h5,8,10H,1,4,6-7H2,2-3H3. The maximum atomic E-state index is 3.81. The van der Waals surface area contributed by atoms with E-state index in [2.05, 4.69) is 32.3 Å². The van der Waals surface area contributed by atoms with Crippen molar-refractivity contribution in [2.24, 2.45) is 0 Å². The topological polar surface area (TPSA) is 12.0 Å². The van der Waals surface area contributed by atoms with Crippen LogP contribution in [0.15, 0.2) is 24.8 Å². The van der Waals surface area contributed by atoms with Crippen molar-refractivity contribution in [2.75, 3.05) is 6.54 Å². The van der Waals surface area contributed by atoms with Gasteiger partial charge >= 0.3 is 0 Å². The highest BCUT2D eigenvalue weighted by molar-refractivity contribution is 5.10. The Balaban J connectivity index is 3.19. The van der Waals surface area contributed by atoms with Crippen molar-refractivity contribution >= 4 is 0 Å². The molecule has 1 nitrogen and oxygen atoms in total. The van der Waals surface area contributed by atoms with E-state index < -0.39 is 0 Å². The second-order valence-electron chi connectivity index (χ2n) is 2.72. The van der Waals surface area contributed by atoms with E-state index >= 15 is 0 Å². The van der Waals surface area contributed by atoms with Crippen LogP contribution in [0, 0.1) is 0 Å². The normalized spacial score (nSPS) is 9.90. The van der Waals surface area contributed by atoms with Gasteiger partial charge in [0.15, 0.2) is 0 Å². The fourth-order valence-corrected chi connectivity index (χ4v) is 0.623. The molecule has 0 aromatic carbocycles. The third-order valence-electron chi connectivity index (χ3n) is 1.29. The molecule has 0 aliphatic carbocycles. The summed E-state index contributed by atoms with van der Waals surface area (Å²) in [5, 5.41) is 3.30. The third-order valence-corrected chi connectivity index (χ3v) is 1.29. The molecular formula is C9H17N. The van der Waals surface area contributed by atoms with Gasteiger partial charge in [-0.25, -0.2) is 0 Å². The van der Waals surface area contributed by atoms with E-state index in [0.717, 1.165) is 18.5 Å². The molecule has 0 aromatic heterocycles. The summed E-state index contributed by atoms with van der Waals surface area (Å²) in [5.41, 5.74) is 1.10. The van der Waals surface area contributed by atoms with Gasteiger partial charge in [0.1, 0.15) is 0 Å². The second-order valence-corrected chi connectivity index (χ2v) is 2.72. The minimum Gasteiger partial charge on any atom is -0.314 e. The van der Waals surface area contributed by atoms with E-state index in [1.807, 2.05) is 6.08 Å². The molecule has 1 N–H and O–H groups in total. The lowest BCUT2D eigenvalue weighted by molar-refractivity contribution is 0.591. The Morgan fingerprint density at radius 3 is 2.60 bits per heavy atom. The van der Waals surface area contributed by atoms with Gasteiger partial charge in [0, 0.05) is 6.04 Å². The van der Waals surface area contributed by atoms with Gasteiger partial charge in [0.25, 0.3) is 0 Å². The molecule has 0 atom stereocenters. The fourth-order valence-electron chi connectivity index (χ4n) is 0.623. The van der Waals surface area contributed by atoms with E-state index in [-0.39, 0.29) is 0 Å². The number of hydrogen-bond donors (Lipinski definition) is 1. The van der Waals surface area contributed by atoms with E-state index in [1.54, 1.807) is 0 Å². The van der Waals surface area contributed by atoms with Crippen LogP contribution < -0.4 is 5.32 Å². The van der Waals surface area contributed by atoms with Gasteiger partial charge in [0.05, 0.1) is 0 Å². The third kappa shape index (κ3) is 5.57. The van der Waals surface area contributed by atoms with Crippen molar-refractivity contribution in [3.8, 4) is 0 Å². The maximum Gasteiger partial charge on any atom is 0.00105 e. The van der Waals surface area contributed by atoms with Crippen LogP contribution in [0.5, 0.6) is 0 Å². The first kappa shape index (κ1) is 9.44. The minimum atomic E-state index is 0.567. The van der Waals surface area contributed by atoms with Crippen molar-refractivity contribution < 1.29 is 0 Å². The zero-order chi connectivity index (χ0) is 7.98. The molecule has 0 bridgehead atoms. The maximum absolute atomic E-state index is 3.81. The van der Waals surface area contributed by atoms with Gasteiger partial charge in [0.2, 0.25) is 0 Å². The first-order valence-corrected chi connectivity index (χ1v) is 3.70. The van der Waals surface area contributed by atoms with Gasteiger partial charge < -0.3 is 5.32 Å². The van der Waals surface area contributed by atoms with Crippen molar-refractivity contribution in [1.82, 2.24) is 5.32 Å². The molecule has 0 fully saturated rings. The second kappa shape index (κ2) is 5.24. The van der Waals surface area contributed by atoms with Crippen LogP contribution in [0.25, 0.3) is 0 Å². The summed E-state index contributed by atoms with van der Waals surface area (Å²) in [7, 11) is 0. The summed E-state index contributed by atoms with van der Waals surface area (Å²) in [4.78, 5) is 0. The van der Waals surface area contributed by atoms with E-state index in [1.165, 1.54) is 0 Å². The minimum absolute atomic E-state index is 0.567. The van der Waals surface area contributed by atoms with Crippen LogP contribution in [0.3, 0.4) is 0 Å². The van der Waals surface area contributed by atoms with Crippen molar-refractivity contribution in [3.05, 3.63) is 24.8 Å². The lowest BCUT2D eigenvalue weighted by Gasteiger charge is -2.06. The fraction of sp³-hybridized carbons (Fsp3) is 0.556. The Morgan fingerprint density at radius 2 is 2.20 bits per heavy atom. The van der Waals surface area contributed by atoms with Crippen molar-refractivity contribution in [2.45, 2.75) is 26.3 Å². The molecule has 0 amide bonds. The molecular weight excluding hydrogens is 122 g/mol. The Morgan fingerprint density at radius 1 is 1.60 bits per heavy atom. The van der Waals surface area contributed by atoms with Gasteiger partial charge in [-0.1, -0.05) is 38.7 Å². The molecule has 1 heteroatoms. The van der Waals surface area contributed by atoms with E-state index in [9.17, 15) is 0 Å². The largest absolute Gasteiger partial charge is 0.314 e. The SMILES string of the molecule is C=CC(=C)CCNC(C)C. The summed E-state index contributed by atoms with van der Waals surface area (Å²) in [5.74, 6) is 0. The number of nitrogens with one attached hydrogen (secondary N) is 1. The highest BCUT2D eigenvalue weighted by Gasteiger charge is 1.91. The summed E-state index contributed by atoms with van der Waals surface area (Å²) >= 11 is 0. The molecule has 0 saturated heterocycles. The lowest BCUT2D eigenvalue weighted by atomic mass is 10.2. The van der Waals surface area contributed by atoms with Crippen LogP contribution in [0.2, 0.25) is 0 Å². The number of rotatable bonds is 5. The zero-order valence-electron chi connectivity index (χ0n) is 6.98. The smallest absolute Gasteiger partial charge is 0.00105 e. The highest BCUT2D eigenvalue weighted by atomic mass is 14.9. The first-order chi connectivity index (χ1) is 4.66. The average molecular weight is 139 g/mol. The summed E-state index contributed by atoms with van der Waals surface area (Å²) < 4.78 is 0. The Bertz CT molecular complexity index is 114. The summed E-state index contributed by atoms with van der Waals surface area (Å²) in [6.07, 6.45) is 2.81. The van der Waals surface area contributed by atoms with Crippen molar-refractivity contribution in [1.29, 1.82) is 0 Å². The molecule has 0 aliphatic heterocycles. The molecule has 0 rings (SSSR count). The van der Waals surface area contributed by atoms with Gasteiger partial charge in [-0.15, -0.1) is 0 Å². The first-order valence-electron chi connectivity index (χ1n) is 3.70. The molecule has 0 unspecified atom stereocenters. The molecule has 0 aliphatic rings. The van der Waals surface area contributed by atoms with E-state index in [4.69, 9.17) is 0 Å². The quantitative estimate of drug-likeness (QED) is 0.575. The van der Waals surface area contributed by atoms with Gasteiger partial charge in [-0.05, 0) is 13.0 Å². The molecule has 0 radical (unpaired) electrons. The van der Waals surface area contributed by atoms with Crippen LogP contribution >= 0.6 is 0 Å². The lowest BCUT2D eigenvalue weighted by Crippen LogP contribution is -2.23. The van der Waals surface area contributed by atoms with Crippen LogP contribution in [0.1, 0.15) is 20.3 Å². The van der Waals surface area contributed by atoms with Crippen molar-refractivity contribution in [3.63, 3.8) is 0 Å². The molecule has 10 heavy (non-hydrogen) atoms. The van der Waals surface area contributed by atoms with Gasteiger partial charge in [-0.2, -0.15) is 0 Å².